The zero-order valence-electron chi connectivity index (χ0n) is 14.7. The van der Waals surface area contributed by atoms with Gasteiger partial charge in [0.2, 0.25) is 0 Å². The number of halogens is 1. The van der Waals surface area contributed by atoms with Crippen LogP contribution in [0.2, 0.25) is 0 Å². The number of hydrogen-bond acceptors (Lipinski definition) is 4. The van der Waals surface area contributed by atoms with Crippen LogP contribution < -0.4 is 4.90 Å². The molecule has 0 spiro atoms. The Hall–Kier alpha value is -2.50. The predicted molar refractivity (Wildman–Crippen MR) is 99.4 cm³/mol. The summed E-state index contributed by atoms with van der Waals surface area (Å²) in [5.41, 5.74) is 1.50. The first-order valence-corrected chi connectivity index (χ1v) is 9.50. The van der Waals surface area contributed by atoms with Gasteiger partial charge in [-0.05, 0) is 48.9 Å². The van der Waals surface area contributed by atoms with Gasteiger partial charge in [-0.2, -0.15) is 5.10 Å². The average molecular weight is 351 g/mol. The number of H-pyrrole nitrogens is 1. The quantitative estimate of drug-likeness (QED) is 0.753. The molecule has 0 radical (unpaired) electrons. The van der Waals surface area contributed by atoms with Gasteiger partial charge in [-0.3, -0.25) is 5.10 Å². The van der Waals surface area contributed by atoms with E-state index in [0.29, 0.717) is 17.0 Å². The van der Waals surface area contributed by atoms with E-state index in [1.165, 1.54) is 38.2 Å². The van der Waals surface area contributed by atoms with Gasteiger partial charge in [-0.25, -0.2) is 14.4 Å². The lowest BCUT2D eigenvalue weighted by Gasteiger charge is -2.41. The minimum absolute atomic E-state index is 0.323. The maximum atomic E-state index is 14.5. The Morgan fingerprint density at radius 2 is 1.96 bits per heavy atom. The highest BCUT2D eigenvalue weighted by Gasteiger charge is 2.31. The summed E-state index contributed by atoms with van der Waals surface area (Å²) in [5, 5.41) is 7.88. The molecular formula is C20H22FN5. The summed E-state index contributed by atoms with van der Waals surface area (Å²) in [5.74, 6) is 2.14. The Morgan fingerprint density at radius 3 is 2.88 bits per heavy atom. The van der Waals surface area contributed by atoms with E-state index in [1.807, 2.05) is 12.1 Å². The highest BCUT2D eigenvalue weighted by atomic mass is 19.1. The van der Waals surface area contributed by atoms with Gasteiger partial charge in [-0.15, -0.1) is 0 Å². The second-order valence-electron chi connectivity index (χ2n) is 7.51. The van der Waals surface area contributed by atoms with Gasteiger partial charge in [0.1, 0.15) is 11.5 Å². The largest absolute Gasteiger partial charge is 0.356 e. The summed E-state index contributed by atoms with van der Waals surface area (Å²) < 4.78 is 14.5. The van der Waals surface area contributed by atoms with Crippen molar-refractivity contribution < 1.29 is 4.39 Å². The maximum absolute atomic E-state index is 14.5. The normalized spacial score (nSPS) is 23.2. The Bertz CT molecular complexity index is 937. The van der Waals surface area contributed by atoms with E-state index in [-0.39, 0.29) is 5.82 Å². The number of anilines is 1. The summed E-state index contributed by atoms with van der Waals surface area (Å²) in [6.07, 6.45) is 8.29. The van der Waals surface area contributed by atoms with E-state index < -0.39 is 0 Å². The first-order chi connectivity index (χ1) is 12.8. The minimum atomic E-state index is -0.337. The Balaban J connectivity index is 1.49. The number of hydrogen-bond donors (Lipinski definition) is 1. The SMILES string of the molecule is Fc1ccc(N2CCC3CCCCC3C2)nc1-c1[nH]nc2ncccc12. The lowest BCUT2D eigenvalue weighted by atomic mass is 9.75. The molecule has 0 amide bonds. The van der Waals surface area contributed by atoms with Crippen molar-refractivity contribution in [3.8, 4) is 11.4 Å². The van der Waals surface area contributed by atoms with Crippen LogP contribution in [-0.2, 0) is 0 Å². The number of pyridine rings is 2. The van der Waals surface area contributed by atoms with Crippen LogP contribution in [-0.4, -0.2) is 33.3 Å². The fraction of sp³-hybridized carbons (Fsp3) is 0.450. The van der Waals surface area contributed by atoms with Crippen molar-refractivity contribution in [3.63, 3.8) is 0 Å². The molecule has 6 heteroatoms. The van der Waals surface area contributed by atoms with Crippen LogP contribution in [0.25, 0.3) is 22.4 Å². The van der Waals surface area contributed by atoms with Gasteiger partial charge in [0.05, 0.1) is 5.69 Å². The number of aromatic amines is 1. The molecule has 2 atom stereocenters. The number of nitrogens with one attached hydrogen (secondary N) is 1. The van der Waals surface area contributed by atoms with E-state index in [1.54, 1.807) is 12.3 Å². The van der Waals surface area contributed by atoms with Gasteiger partial charge < -0.3 is 4.90 Å². The zero-order valence-corrected chi connectivity index (χ0v) is 14.7. The molecule has 0 aromatic carbocycles. The second-order valence-corrected chi connectivity index (χ2v) is 7.51. The highest BCUT2D eigenvalue weighted by Crippen LogP contribution is 2.37. The Labute approximate surface area is 151 Å². The molecule has 26 heavy (non-hydrogen) atoms. The highest BCUT2D eigenvalue weighted by molar-refractivity contribution is 5.89. The number of piperidine rings is 1. The number of nitrogens with zero attached hydrogens (tertiary/aromatic N) is 4. The predicted octanol–water partition coefficient (Wildman–Crippen LogP) is 4.18. The van der Waals surface area contributed by atoms with Gasteiger partial charge >= 0.3 is 0 Å². The number of rotatable bonds is 2. The molecule has 5 nitrogen and oxygen atoms in total. The molecule has 1 saturated heterocycles. The number of aromatic nitrogens is 4. The monoisotopic (exact) mass is 351 g/mol. The van der Waals surface area contributed by atoms with Gasteiger partial charge in [-0.1, -0.05) is 19.3 Å². The van der Waals surface area contributed by atoms with E-state index in [0.717, 1.165) is 36.1 Å². The van der Waals surface area contributed by atoms with Crippen molar-refractivity contribution >= 4 is 16.9 Å². The molecule has 2 unspecified atom stereocenters. The summed E-state index contributed by atoms with van der Waals surface area (Å²) in [4.78, 5) is 11.2. The first kappa shape index (κ1) is 15.7. The van der Waals surface area contributed by atoms with Crippen LogP contribution in [0.3, 0.4) is 0 Å². The smallest absolute Gasteiger partial charge is 0.181 e. The Morgan fingerprint density at radius 1 is 1.08 bits per heavy atom. The molecule has 1 aliphatic carbocycles. The molecule has 5 rings (SSSR count). The summed E-state index contributed by atoms with van der Waals surface area (Å²) in [6, 6.07) is 7.05. The van der Waals surface area contributed by atoms with Gasteiger partial charge in [0.15, 0.2) is 11.5 Å². The standard InChI is InChI=1S/C20H22FN5/c21-16-7-8-17(26-11-9-13-4-1-2-5-14(13)12-26)23-19(16)18-15-6-3-10-22-20(15)25-24-18/h3,6-8,10,13-14H,1-2,4-5,9,11-12H2,(H,22,24,25). The van der Waals surface area contributed by atoms with Gasteiger partial charge in [0.25, 0.3) is 0 Å². The molecule has 3 aromatic rings. The summed E-state index contributed by atoms with van der Waals surface area (Å²) in [6.45, 7) is 2.04. The Kier molecular flexibility index (Phi) is 3.84. The molecule has 1 aliphatic heterocycles. The molecule has 0 bridgehead atoms. The van der Waals surface area contributed by atoms with E-state index in [9.17, 15) is 4.39 Å². The maximum Gasteiger partial charge on any atom is 0.181 e. The van der Waals surface area contributed by atoms with Crippen LogP contribution in [0.4, 0.5) is 10.2 Å². The van der Waals surface area contributed by atoms with Crippen LogP contribution >= 0.6 is 0 Å². The van der Waals surface area contributed by atoms with E-state index >= 15 is 0 Å². The van der Waals surface area contributed by atoms with Crippen LogP contribution in [0.5, 0.6) is 0 Å². The summed E-state index contributed by atoms with van der Waals surface area (Å²) >= 11 is 0. The molecule has 4 heterocycles. The topological polar surface area (TPSA) is 57.7 Å². The second kappa shape index (κ2) is 6.34. The van der Waals surface area contributed by atoms with Crippen molar-refractivity contribution in [1.29, 1.82) is 0 Å². The van der Waals surface area contributed by atoms with Crippen molar-refractivity contribution in [3.05, 3.63) is 36.3 Å². The third kappa shape index (κ3) is 2.64. The van der Waals surface area contributed by atoms with Crippen molar-refractivity contribution in [2.75, 3.05) is 18.0 Å². The molecule has 134 valence electrons. The lowest BCUT2D eigenvalue weighted by molar-refractivity contribution is 0.202. The third-order valence-corrected chi connectivity index (χ3v) is 6.01. The third-order valence-electron chi connectivity index (χ3n) is 6.01. The lowest BCUT2D eigenvalue weighted by Crippen LogP contribution is -2.42. The summed E-state index contributed by atoms with van der Waals surface area (Å²) in [7, 11) is 0. The molecular weight excluding hydrogens is 329 g/mol. The fourth-order valence-electron chi connectivity index (χ4n) is 4.62. The van der Waals surface area contributed by atoms with Crippen molar-refractivity contribution in [2.45, 2.75) is 32.1 Å². The van der Waals surface area contributed by atoms with E-state index in [4.69, 9.17) is 0 Å². The van der Waals surface area contributed by atoms with E-state index in [2.05, 4.69) is 25.1 Å². The van der Waals surface area contributed by atoms with Crippen LogP contribution in [0.15, 0.2) is 30.5 Å². The molecule has 1 N–H and O–H groups in total. The minimum Gasteiger partial charge on any atom is -0.356 e. The van der Waals surface area contributed by atoms with Crippen molar-refractivity contribution in [1.82, 2.24) is 20.2 Å². The molecule has 1 saturated carbocycles. The zero-order chi connectivity index (χ0) is 17.5. The molecule has 3 aromatic heterocycles. The first-order valence-electron chi connectivity index (χ1n) is 9.50. The fourth-order valence-corrected chi connectivity index (χ4v) is 4.62. The van der Waals surface area contributed by atoms with Gasteiger partial charge in [0, 0.05) is 24.7 Å². The van der Waals surface area contributed by atoms with Crippen LogP contribution in [0.1, 0.15) is 32.1 Å². The van der Waals surface area contributed by atoms with Crippen LogP contribution in [0, 0.1) is 17.7 Å². The molecule has 2 aliphatic rings. The average Bonchev–Trinajstić information content (AvgIpc) is 3.12. The molecule has 2 fully saturated rings. The number of fused-ring (bicyclic) bond motifs is 2. The van der Waals surface area contributed by atoms with Crippen molar-refractivity contribution in [2.24, 2.45) is 11.8 Å².